The van der Waals surface area contributed by atoms with Crippen molar-refractivity contribution in [3.63, 3.8) is 0 Å². The third kappa shape index (κ3) is 7.44. The van der Waals surface area contributed by atoms with Crippen LogP contribution >= 0.6 is 11.6 Å². The molecule has 38 heavy (non-hydrogen) atoms. The Kier molecular flexibility index (Phi) is 9.07. The highest BCUT2D eigenvalue weighted by atomic mass is 35.5. The molecule has 0 aliphatic carbocycles. The Morgan fingerprint density at radius 3 is 2.32 bits per heavy atom. The number of halogens is 1. The van der Waals surface area contributed by atoms with E-state index in [0.717, 1.165) is 63.4 Å². The summed E-state index contributed by atoms with van der Waals surface area (Å²) in [7, 11) is 0. The maximum atomic E-state index is 12.6. The van der Waals surface area contributed by atoms with Crippen LogP contribution in [0.4, 0.5) is 0 Å². The first-order valence-corrected chi connectivity index (χ1v) is 13.8. The molecular formula is C31H35ClN4O2. The number of ether oxygens (including phenoxy) is 1. The van der Waals surface area contributed by atoms with E-state index >= 15 is 0 Å². The van der Waals surface area contributed by atoms with Crippen molar-refractivity contribution in [1.82, 2.24) is 19.7 Å². The zero-order chi connectivity index (χ0) is 26.2. The Balaban J connectivity index is 1.05. The molecular weight excluding hydrogens is 496 g/mol. The Bertz CT molecular complexity index is 1220. The summed E-state index contributed by atoms with van der Waals surface area (Å²) >= 11 is 6.19. The number of carbonyl (C=O) groups excluding carboxylic acids is 1. The van der Waals surface area contributed by atoms with Crippen LogP contribution in [0.3, 0.4) is 0 Å². The summed E-state index contributed by atoms with van der Waals surface area (Å²) in [4.78, 5) is 23.8. The first kappa shape index (κ1) is 26.4. The van der Waals surface area contributed by atoms with Crippen molar-refractivity contribution >= 4 is 23.6 Å². The molecule has 5 rings (SSSR count). The third-order valence-electron chi connectivity index (χ3n) is 7.27. The van der Waals surface area contributed by atoms with Gasteiger partial charge < -0.3 is 9.64 Å². The van der Waals surface area contributed by atoms with Crippen LogP contribution in [0.15, 0.2) is 79.1 Å². The van der Waals surface area contributed by atoms with Gasteiger partial charge in [0.15, 0.2) is 0 Å². The SMILES string of the molecule is O=C(C=Cc1ccccc1Cl)N1CCC(Oc2cccc(CN3CCN(Cc4cccnc4)CC3)c2)CC1. The van der Waals surface area contributed by atoms with E-state index in [2.05, 4.69) is 39.0 Å². The Hall–Kier alpha value is -3.19. The topological polar surface area (TPSA) is 48.9 Å². The number of hydrogen-bond donors (Lipinski definition) is 0. The number of aromatic nitrogens is 1. The lowest BCUT2D eigenvalue weighted by Crippen LogP contribution is -2.45. The minimum absolute atomic E-state index is 0.0194. The monoisotopic (exact) mass is 530 g/mol. The zero-order valence-corrected chi connectivity index (χ0v) is 22.5. The molecule has 3 heterocycles. The van der Waals surface area contributed by atoms with Gasteiger partial charge in [-0.25, -0.2) is 0 Å². The number of nitrogens with zero attached hydrogens (tertiary/aromatic N) is 4. The number of likely N-dealkylation sites (tertiary alicyclic amines) is 1. The molecule has 0 N–H and O–H groups in total. The summed E-state index contributed by atoms with van der Waals surface area (Å²) in [6, 6.07) is 20.2. The molecule has 0 saturated carbocycles. The number of rotatable bonds is 8. The quantitative estimate of drug-likeness (QED) is 0.378. The first-order valence-electron chi connectivity index (χ1n) is 13.4. The second kappa shape index (κ2) is 13.1. The average molecular weight is 531 g/mol. The van der Waals surface area contributed by atoms with Gasteiger partial charge in [0.25, 0.3) is 0 Å². The van der Waals surface area contributed by atoms with Crippen LogP contribution in [-0.4, -0.2) is 71.0 Å². The molecule has 2 aliphatic heterocycles. The van der Waals surface area contributed by atoms with E-state index in [4.69, 9.17) is 16.3 Å². The molecule has 2 aromatic carbocycles. The van der Waals surface area contributed by atoms with E-state index < -0.39 is 0 Å². The van der Waals surface area contributed by atoms with Crippen LogP contribution < -0.4 is 4.74 Å². The lowest BCUT2D eigenvalue weighted by Gasteiger charge is -2.34. The number of pyridine rings is 1. The van der Waals surface area contributed by atoms with Gasteiger partial charge in [0, 0.05) is 88.7 Å². The molecule has 1 aromatic heterocycles. The van der Waals surface area contributed by atoms with Gasteiger partial charge in [-0.2, -0.15) is 0 Å². The van der Waals surface area contributed by atoms with E-state index in [1.807, 2.05) is 53.7 Å². The summed E-state index contributed by atoms with van der Waals surface area (Å²) in [6.07, 6.45) is 8.97. The molecule has 2 saturated heterocycles. The van der Waals surface area contributed by atoms with Crippen LogP contribution in [-0.2, 0) is 17.9 Å². The molecule has 0 radical (unpaired) electrons. The zero-order valence-electron chi connectivity index (χ0n) is 21.7. The van der Waals surface area contributed by atoms with E-state index in [-0.39, 0.29) is 12.0 Å². The maximum absolute atomic E-state index is 12.6. The second-order valence-electron chi connectivity index (χ2n) is 10.1. The van der Waals surface area contributed by atoms with Gasteiger partial charge in [0.1, 0.15) is 11.9 Å². The average Bonchev–Trinajstić information content (AvgIpc) is 2.95. The summed E-state index contributed by atoms with van der Waals surface area (Å²) in [5.74, 6) is 0.937. The van der Waals surface area contributed by atoms with Gasteiger partial charge in [-0.15, -0.1) is 0 Å². The molecule has 0 spiro atoms. The van der Waals surface area contributed by atoms with Crippen molar-refractivity contribution in [1.29, 1.82) is 0 Å². The van der Waals surface area contributed by atoms with Crippen molar-refractivity contribution in [2.24, 2.45) is 0 Å². The molecule has 0 atom stereocenters. The third-order valence-corrected chi connectivity index (χ3v) is 7.61. The normalized spacial score (nSPS) is 17.7. The highest BCUT2D eigenvalue weighted by Gasteiger charge is 2.23. The van der Waals surface area contributed by atoms with Crippen molar-refractivity contribution in [3.8, 4) is 5.75 Å². The molecule has 1 amide bonds. The molecule has 7 heteroatoms. The fourth-order valence-corrected chi connectivity index (χ4v) is 5.29. The molecule has 0 unspecified atom stereocenters. The van der Waals surface area contributed by atoms with Crippen LogP contribution in [0, 0.1) is 0 Å². The summed E-state index contributed by atoms with van der Waals surface area (Å²) in [5, 5.41) is 0.647. The smallest absolute Gasteiger partial charge is 0.246 e. The molecule has 198 valence electrons. The maximum Gasteiger partial charge on any atom is 0.246 e. The Morgan fingerprint density at radius 2 is 1.61 bits per heavy atom. The van der Waals surface area contributed by atoms with E-state index in [1.165, 1.54) is 11.1 Å². The van der Waals surface area contributed by atoms with Gasteiger partial charge in [-0.1, -0.05) is 48.0 Å². The number of piperidine rings is 1. The van der Waals surface area contributed by atoms with Crippen molar-refractivity contribution in [3.05, 3.63) is 101 Å². The first-order chi connectivity index (χ1) is 18.6. The van der Waals surface area contributed by atoms with Gasteiger partial charge >= 0.3 is 0 Å². The van der Waals surface area contributed by atoms with Crippen LogP contribution in [0.2, 0.25) is 5.02 Å². The number of benzene rings is 2. The predicted molar refractivity (Wildman–Crippen MR) is 152 cm³/mol. The standard InChI is InChI=1S/C31H35ClN4O2/c32-30-9-2-1-7-27(30)10-11-31(37)36-15-12-28(13-16-36)38-29-8-3-5-25(21-29)23-34-17-19-35(20-18-34)24-26-6-4-14-33-22-26/h1-11,14,21-22,28H,12-13,15-20,23-24H2. The van der Waals surface area contributed by atoms with Gasteiger partial charge in [-0.05, 0) is 47.0 Å². The lowest BCUT2D eigenvalue weighted by atomic mass is 10.1. The van der Waals surface area contributed by atoms with Crippen LogP contribution in [0.1, 0.15) is 29.5 Å². The Labute approximate surface area is 230 Å². The highest BCUT2D eigenvalue weighted by molar-refractivity contribution is 6.32. The van der Waals surface area contributed by atoms with E-state index in [9.17, 15) is 4.79 Å². The van der Waals surface area contributed by atoms with Crippen molar-refractivity contribution < 1.29 is 9.53 Å². The van der Waals surface area contributed by atoms with Crippen molar-refractivity contribution in [2.45, 2.75) is 32.0 Å². The molecule has 2 aliphatic rings. The van der Waals surface area contributed by atoms with Gasteiger partial charge in [0.2, 0.25) is 5.91 Å². The molecule has 6 nitrogen and oxygen atoms in total. The minimum atomic E-state index is 0.0194. The fraction of sp³-hybridized carbons (Fsp3) is 0.355. The van der Waals surface area contributed by atoms with Gasteiger partial charge in [0.05, 0.1) is 0 Å². The number of piperazine rings is 1. The number of hydrogen-bond acceptors (Lipinski definition) is 5. The predicted octanol–water partition coefficient (Wildman–Crippen LogP) is 5.14. The molecule has 0 bridgehead atoms. The second-order valence-corrected chi connectivity index (χ2v) is 10.5. The minimum Gasteiger partial charge on any atom is -0.490 e. The van der Waals surface area contributed by atoms with Gasteiger partial charge in [-0.3, -0.25) is 19.6 Å². The Morgan fingerprint density at radius 1 is 0.895 bits per heavy atom. The largest absolute Gasteiger partial charge is 0.490 e. The molecule has 2 fully saturated rings. The molecule has 3 aromatic rings. The van der Waals surface area contributed by atoms with E-state index in [1.54, 1.807) is 12.2 Å². The van der Waals surface area contributed by atoms with Crippen molar-refractivity contribution in [2.75, 3.05) is 39.3 Å². The highest BCUT2D eigenvalue weighted by Crippen LogP contribution is 2.22. The van der Waals surface area contributed by atoms with E-state index in [0.29, 0.717) is 18.1 Å². The summed E-state index contributed by atoms with van der Waals surface area (Å²) in [6.45, 7) is 7.53. The lowest BCUT2D eigenvalue weighted by molar-refractivity contribution is -0.127. The summed E-state index contributed by atoms with van der Waals surface area (Å²) in [5.41, 5.74) is 3.40. The number of amides is 1. The summed E-state index contributed by atoms with van der Waals surface area (Å²) < 4.78 is 6.34. The fourth-order valence-electron chi connectivity index (χ4n) is 5.09. The van der Waals surface area contributed by atoms with Crippen LogP contribution in [0.25, 0.3) is 6.08 Å². The van der Waals surface area contributed by atoms with Crippen LogP contribution in [0.5, 0.6) is 5.75 Å². The number of carbonyl (C=O) groups is 1.